The Morgan fingerprint density at radius 3 is 3.08 bits per heavy atom. The van der Waals surface area contributed by atoms with E-state index in [2.05, 4.69) is 11.4 Å². The molecule has 0 saturated carbocycles. The van der Waals surface area contributed by atoms with E-state index in [1.54, 1.807) is 11.3 Å². The van der Waals surface area contributed by atoms with Crippen LogP contribution >= 0.6 is 22.9 Å². The van der Waals surface area contributed by atoms with E-state index in [0.29, 0.717) is 6.54 Å². The maximum absolute atomic E-state index is 8.50. The fourth-order valence-corrected chi connectivity index (χ4v) is 1.97. The standard InChI is InChI=1S/C9H11ClN2S/c1-12(6-9(10)4-11)5-8-2-3-13-7-8/h2-3,7,9H,5-6H2,1H3. The van der Waals surface area contributed by atoms with Gasteiger partial charge < -0.3 is 0 Å². The van der Waals surface area contributed by atoms with Crippen molar-refractivity contribution in [1.29, 1.82) is 5.26 Å². The maximum Gasteiger partial charge on any atom is 0.133 e. The summed E-state index contributed by atoms with van der Waals surface area (Å²) >= 11 is 7.38. The second-order valence-electron chi connectivity index (χ2n) is 2.92. The Kier molecular flexibility index (Phi) is 4.23. The van der Waals surface area contributed by atoms with Gasteiger partial charge in [0.1, 0.15) is 5.38 Å². The molecule has 13 heavy (non-hydrogen) atoms. The molecule has 4 heteroatoms. The van der Waals surface area contributed by atoms with Crippen molar-refractivity contribution in [2.24, 2.45) is 0 Å². The summed E-state index contributed by atoms with van der Waals surface area (Å²) in [4.78, 5) is 2.04. The van der Waals surface area contributed by atoms with E-state index < -0.39 is 5.38 Å². The molecule has 0 N–H and O–H groups in total. The van der Waals surface area contributed by atoms with E-state index in [-0.39, 0.29) is 0 Å². The quantitative estimate of drug-likeness (QED) is 0.720. The summed E-state index contributed by atoms with van der Waals surface area (Å²) in [5, 5.41) is 12.2. The van der Waals surface area contributed by atoms with Gasteiger partial charge in [-0.05, 0) is 29.4 Å². The summed E-state index contributed by atoms with van der Waals surface area (Å²) in [5.74, 6) is 0. The van der Waals surface area contributed by atoms with Crippen LogP contribution in [0.4, 0.5) is 0 Å². The number of hydrogen-bond acceptors (Lipinski definition) is 3. The Morgan fingerprint density at radius 1 is 1.77 bits per heavy atom. The Bertz CT molecular complexity index is 278. The molecule has 1 heterocycles. The van der Waals surface area contributed by atoms with E-state index in [0.717, 1.165) is 6.54 Å². The van der Waals surface area contributed by atoms with E-state index in [9.17, 15) is 0 Å². The molecule has 0 radical (unpaired) electrons. The van der Waals surface area contributed by atoms with Gasteiger partial charge in [0.2, 0.25) is 0 Å². The van der Waals surface area contributed by atoms with Crippen molar-refractivity contribution in [3.63, 3.8) is 0 Å². The predicted molar refractivity (Wildman–Crippen MR) is 55.9 cm³/mol. The minimum atomic E-state index is -0.413. The van der Waals surface area contributed by atoms with Crippen molar-refractivity contribution in [1.82, 2.24) is 4.90 Å². The lowest BCUT2D eigenvalue weighted by molar-refractivity contribution is 0.337. The van der Waals surface area contributed by atoms with Gasteiger partial charge in [-0.2, -0.15) is 16.6 Å². The number of thiophene rings is 1. The average Bonchev–Trinajstić information content (AvgIpc) is 2.56. The molecule has 0 bridgehead atoms. The third-order valence-electron chi connectivity index (χ3n) is 1.64. The molecule has 0 spiro atoms. The third kappa shape index (κ3) is 3.77. The number of hydrogen-bond donors (Lipinski definition) is 0. The van der Waals surface area contributed by atoms with Crippen LogP contribution in [0.5, 0.6) is 0 Å². The minimum Gasteiger partial charge on any atom is -0.300 e. The minimum absolute atomic E-state index is 0.413. The molecular weight excluding hydrogens is 204 g/mol. The van der Waals surface area contributed by atoms with E-state index in [1.165, 1.54) is 5.56 Å². The molecule has 1 aromatic heterocycles. The average molecular weight is 215 g/mol. The molecule has 1 unspecified atom stereocenters. The zero-order chi connectivity index (χ0) is 9.68. The summed E-state index contributed by atoms with van der Waals surface area (Å²) in [5.41, 5.74) is 1.27. The normalized spacial score (nSPS) is 12.8. The molecule has 0 aliphatic carbocycles. The molecule has 0 amide bonds. The molecule has 1 aromatic rings. The molecule has 70 valence electrons. The second-order valence-corrected chi connectivity index (χ2v) is 4.23. The SMILES string of the molecule is CN(Cc1ccsc1)CC(Cl)C#N. The van der Waals surface area contributed by atoms with Gasteiger partial charge in [0, 0.05) is 13.1 Å². The molecule has 0 fully saturated rings. The Balaban J connectivity index is 2.34. The highest BCUT2D eigenvalue weighted by Gasteiger charge is 2.07. The zero-order valence-corrected chi connectivity index (χ0v) is 8.98. The van der Waals surface area contributed by atoms with Gasteiger partial charge in [-0.3, -0.25) is 4.90 Å². The van der Waals surface area contributed by atoms with Crippen molar-refractivity contribution in [3.05, 3.63) is 22.4 Å². The van der Waals surface area contributed by atoms with Gasteiger partial charge in [0.15, 0.2) is 0 Å². The van der Waals surface area contributed by atoms with Gasteiger partial charge in [0.25, 0.3) is 0 Å². The highest BCUT2D eigenvalue weighted by Crippen LogP contribution is 2.09. The number of alkyl halides is 1. The summed E-state index contributed by atoms with van der Waals surface area (Å²) in [6.45, 7) is 1.46. The van der Waals surface area contributed by atoms with Gasteiger partial charge >= 0.3 is 0 Å². The smallest absolute Gasteiger partial charge is 0.133 e. The molecule has 1 rings (SSSR count). The Labute approximate surface area is 87.4 Å². The van der Waals surface area contributed by atoms with Crippen LogP contribution in [0.15, 0.2) is 16.8 Å². The lowest BCUT2D eigenvalue weighted by Gasteiger charge is -2.15. The number of halogens is 1. The van der Waals surface area contributed by atoms with Gasteiger partial charge in [-0.1, -0.05) is 0 Å². The summed E-state index contributed by atoms with van der Waals surface area (Å²) < 4.78 is 0. The first-order chi connectivity index (χ1) is 6.22. The topological polar surface area (TPSA) is 27.0 Å². The molecule has 1 atom stereocenters. The summed E-state index contributed by atoms with van der Waals surface area (Å²) in [6.07, 6.45) is 0. The van der Waals surface area contributed by atoms with E-state index in [4.69, 9.17) is 16.9 Å². The maximum atomic E-state index is 8.50. The third-order valence-corrected chi connectivity index (χ3v) is 2.61. The van der Waals surface area contributed by atoms with Crippen molar-refractivity contribution in [3.8, 4) is 6.07 Å². The second kappa shape index (κ2) is 5.23. The van der Waals surface area contributed by atoms with Crippen LogP contribution in [0.2, 0.25) is 0 Å². The van der Waals surface area contributed by atoms with Crippen LogP contribution in [0.1, 0.15) is 5.56 Å². The fourth-order valence-electron chi connectivity index (χ4n) is 1.07. The molecule has 2 nitrogen and oxygen atoms in total. The molecule has 0 aliphatic heterocycles. The lowest BCUT2D eigenvalue weighted by atomic mass is 10.3. The summed E-state index contributed by atoms with van der Waals surface area (Å²) in [6, 6.07) is 4.08. The van der Waals surface area contributed by atoms with Crippen LogP contribution in [0.3, 0.4) is 0 Å². The largest absolute Gasteiger partial charge is 0.300 e. The van der Waals surface area contributed by atoms with Crippen molar-refractivity contribution in [2.45, 2.75) is 11.9 Å². The summed E-state index contributed by atoms with van der Waals surface area (Å²) in [7, 11) is 1.96. The first-order valence-electron chi connectivity index (χ1n) is 3.95. The number of nitrogens with zero attached hydrogens (tertiary/aromatic N) is 2. The van der Waals surface area contributed by atoms with Gasteiger partial charge in [-0.15, -0.1) is 11.6 Å². The van der Waals surface area contributed by atoms with E-state index in [1.807, 2.05) is 23.4 Å². The van der Waals surface area contributed by atoms with Crippen LogP contribution in [0, 0.1) is 11.3 Å². The monoisotopic (exact) mass is 214 g/mol. The first-order valence-corrected chi connectivity index (χ1v) is 5.33. The van der Waals surface area contributed by atoms with Crippen LogP contribution in [0.25, 0.3) is 0 Å². The van der Waals surface area contributed by atoms with Crippen LogP contribution in [-0.4, -0.2) is 23.9 Å². The van der Waals surface area contributed by atoms with Gasteiger partial charge in [0.05, 0.1) is 6.07 Å². The van der Waals surface area contributed by atoms with Gasteiger partial charge in [-0.25, -0.2) is 0 Å². The fraction of sp³-hybridized carbons (Fsp3) is 0.444. The van der Waals surface area contributed by atoms with Crippen molar-refractivity contribution >= 4 is 22.9 Å². The van der Waals surface area contributed by atoms with Crippen molar-refractivity contribution in [2.75, 3.05) is 13.6 Å². The molecule has 0 saturated heterocycles. The van der Waals surface area contributed by atoms with E-state index >= 15 is 0 Å². The Hall–Kier alpha value is -0.560. The number of rotatable bonds is 4. The van der Waals surface area contributed by atoms with Crippen LogP contribution < -0.4 is 0 Å². The van der Waals surface area contributed by atoms with Crippen LogP contribution in [-0.2, 0) is 6.54 Å². The zero-order valence-electron chi connectivity index (χ0n) is 7.40. The molecular formula is C9H11ClN2S. The Morgan fingerprint density at radius 2 is 2.54 bits per heavy atom. The lowest BCUT2D eigenvalue weighted by Crippen LogP contribution is -2.24. The molecule has 0 aliphatic rings. The predicted octanol–water partition coefficient (Wildman–Crippen LogP) is 2.31. The number of nitriles is 1. The molecule has 0 aromatic carbocycles. The highest BCUT2D eigenvalue weighted by molar-refractivity contribution is 7.07. The first kappa shape index (κ1) is 10.5. The van der Waals surface area contributed by atoms with Crippen molar-refractivity contribution < 1.29 is 0 Å². The highest BCUT2D eigenvalue weighted by atomic mass is 35.5.